The second-order valence-electron chi connectivity index (χ2n) is 12.1. The fraction of sp³-hybridized carbons (Fsp3) is 0.659. The van der Waals surface area contributed by atoms with Gasteiger partial charge in [0, 0.05) is 35.8 Å². The molecule has 49 heavy (non-hydrogen) atoms. The van der Waals surface area contributed by atoms with Crippen molar-refractivity contribution in [3.8, 4) is 24.7 Å². The normalized spacial score (nSPS) is 12.6. The first-order chi connectivity index (χ1) is 23.3. The number of hydrogen-bond acceptors (Lipinski definition) is 7. The molecule has 1 unspecified atom stereocenters. The number of nitrogens with two attached hydrogens (primary N) is 1. The highest BCUT2D eigenvalue weighted by molar-refractivity contribution is 8.04. The lowest BCUT2D eigenvalue weighted by Crippen LogP contribution is -2.50. The number of rotatable bonds is 19. The topological polar surface area (TPSA) is 95.7 Å². The van der Waals surface area contributed by atoms with Crippen molar-refractivity contribution in [1.82, 2.24) is 10.3 Å². The molecule has 0 aliphatic heterocycles. The standard InChI is InChI=1S/C24H47N3OS.C8H11Cl.C5H6.C2H6.2CH2O/c1-7-9-11-12-13-15-16-22(23(28)17-14-10-8-2)27(25)19-18-26-20-21(3)29-24(4,5)6;1-2-7-4-3-5-8(9)6-7;1-4-5(2)3;3*1-2/h2,22-23,26,28H,3,7,9-20,25H2,1,4-6H3;4,6H,2-3,5H2,1H3;1H,2H2,3H3;1-2H3;2*1H2/t22-,23?;;;;;/m0...../s1. The second-order valence-corrected chi connectivity index (χ2v) is 14.6. The molecule has 0 radical (unpaired) electrons. The molecule has 1 rings (SSSR count). The summed E-state index contributed by atoms with van der Waals surface area (Å²) in [5.41, 5.74) is 2.16. The number of nitrogens with zero attached hydrogens (tertiary/aromatic N) is 1. The van der Waals surface area contributed by atoms with Gasteiger partial charge < -0.3 is 20.0 Å². The molecule has 0 saturated heterocycles. The Morgan fingerprint density at radius 3 is 2.06 bits per heavy atom. The third-order valence-corrected chi connectivity index (χ3v) is 7.99. The van der Waals surface area contributed by atoms with Crippen LogP contribution >= 0.6 is 23.4 Å². The molecule has 8 heteroatoms. The monoisotopic (exact) mass is 724 g/mol. The van der Waals surface area contributed by atoms with Gasteiger partial charge >= 0.3 is 0 Å². The zero-order valence-corrected chi connectivity index (χ0v) is 34.3. The van der Waals surface area contributed by atoms with Crippen LogP contribution in [-0.2, 0) is 9.59 Å². The van der Waals surface area contributed by atoms with E-state index in [0.29, 0.717) is 19.4 Å². The Bertz CT molecular complexity index is 930. The van der Waals surface area contributed by atoms with Gasteiger partial charge in [-0.15, -0.1) is 30.5 Å². The highest BCUT2D eigenvalue weighted by atomic mass is 35.5. The average Bonchev–Trinajstić information content (AvgIpc) is 3.08. The van der Waals surface area contributed by atoms with Crippen molar-refractivity contribution < 1.29 is 14.7 Å². The molecule has 2 atom stereocenters. The first-order valence-electron chi connectivity index (χ1n) is 17.8. The number of unbranched alkanes of at least 4 members (excludes halogenated alkanes) is 6. The number of aliphatic hydroxyl groups excluding tert-OH is 1. The zero-order chi connectivity index (χ0) is 39.1. The van der Waals surface area contributed by atoms with E-state index < -0.39 is 6.10 Å². The van der Waals surface area contributed by atoms with E-state index in [1.165, 1.54) is 37.7 Å². The van der Waals surface area contributed by atoms with Gasteiger partial charge in [-0.1, -0.05) is 129 Å². The predicted octanol–water partition coefficient (Wildman–Crippen LogP) is 10.2. The summed E-state index contributed by atoms with van der Waals surface area (Å²) in [5, 5.41) is 17.0. The number of thioether (sulfide) groups is 1. The van der Waals surface area contributed by atoms with Crippen molar-refractivity contribution in [3.63, 3.8) is 0 Å². The van der Waals surface area contributed by atoms with Crippen LogP contribution in [0.1, 0.15) is 139 Å². The Morgan fingerprint density at radius 2 is 1.61 bits per heavy atom. The molecule has 0 spiro atoms. The van der Waals surface area contributed by atoms with E-state index in [9.17, 15) is 5.11 Å². The summed E-state index contributed by atoms with van der Waals surface area (Å²) in [5.74, 6) is 11.4. The van der Waals surface area contributed by atoms with Crippen LogP contribution in [0.25, 0.3) is 0 Å². The summed E-state index contributed by atoms with van der Waals surface area (Å²) < 4.78 is 0.184. The molecule has 6 nitrogen and oxygen atoms in total. The first kappa shape index (κ1) is 56.3. The molecule has 0 fully saturated rings. The van der Waals surface area contributed by atoms with Gasteiger partial charge in [0.05, 0.1) is 12.1 Å². The lowest BCUT2D eigenvalue weighted by atomic mass is 9.97. The fourth-order valence-corrected chi connectivity index (χ4v) is 5.65. The molecule has 0 aromatic rings. The van der Waals surface area contributed by atoms with E-state index in [1.54, 1.807) is 18.7 Å². The van der Waals surface area contributed by atoms with Gasteiger partial charge in [0.15, 0.2) is 0 Å². The Morgan fingerprint density at radius 1 is 1.06 bits per heavy atom. The van der Waals surface area contributed by atoms with Crippen molar-refractivity contribution in [2.45, 2.75) is 156 Å². The van der Waals surface area contributed by atoms with Gasteiger partial charge in [0.1, 0.15) is 13.6 Å². The van der Waals surface area contributed by atoms with Crippen molar-refractivity contribution in [1.29, 1.82) is 0 Å². The Hall–Kier alpha value is -2.10. The number of halogens is 1. The Kier molecular flexibility index (Phi) is 48.3. The van der Waals surface area contributed by atoms with Crippen LogP contribution in [0.2, 0.25) is 0 Å². The van der Waals surface area contributed by atoms with Crippen LogP contribution in [0.4, 0.5) is 0 Å². The fourth-order valence-electron chi connectivity index (χ4n) is 4.36. The lowest BCUT2D eigenvalue weighted by molar-refractivity contribution is -0.0987. The number of allylic oxidation sites excluding steroid dienone is 5. The number of nitrogens with one attached hydrogen (secondary N) is 1. The van der Waals surface area contributed by atoms with Crippen LogP contribution in [-0.4, -0.2) is 60.2 Å². The molecule has 1 aliphatic carbocycles. The highest BCUT2D eigenvalue weighted by Crippen LogP contribution is 2.29. The maximum atomic E-state index is 10.7. The van der Waals surface area contributed by atoms with Crippen molar-refractivity contribution >= 4 is 36.9 Å². The van der Waals surface area contributed by atoms with E-state index in [1.807, 2.05) is 32.4 Å². The van der Waals surface area contributed by atoms with E-state index in [0.717, 1.165) is 67.1 Å². The van der Waals surface area contributed by atoms with Crippen LogP contribution in [0.3, 0.4) is 0 Å². The number of aliphatic hydroxyl groups is 1. The molecule has 1 aliphatic rings. The van der Waals surface area contributed by atoms with Crippen molar-refractivity contribution in [3.05, 3.63) is 46.4 Å². The quantitative estimate of drug-likeness (QED) is 0.0528. The minimum absolute atomic E-state index is 0.00657. The largest absolute Gasteiger partial charge is 0.391 e. The summed E-state index contributed by atoms with van der Waals surface area (Å²) in [6, 6.07) is -0.00657. The molecule has 0 aromatic heterocycles. The Labute approximate surface area is 313 Å². The molecule has 4 N–H and O–H groups in total. The average molecular weight is 725 g/mol. The number of hydrazine groups is 1. The molecule has 284 valence electrons. The van der Waals surface area contributed by atoms with Crippen LogP contribution in [0.5, 0.6) is 0 Å². The van der Waals surface area contributed by atoms with E-state index >= 15 is 0 Å². The smallest absolute Gasteiger partial charge is 0.106 e. The predicted molar refractivity (Wildman–Crippen MR) is 221 cm³/mol. The maximum Gasteiger partial charge on any atom is 0.106 e. The molecular formula is C41H74ClN3O3S. The van der Waals surface area contributed by atoms with Gasteiger partial charge in [-0.25, -0.2) is 5.01 Å². The SMILES string of the molecule is C#CC(=C)C.C#CCCCC(O)[C@H](CCCCCCCC)N(N)CCNCC(=C)SC(C)(C)C.C=O.C=O.CC.CCC1=CCCC(Cl)=C1. The van der Waals surface area contributed by atoms with E-state index in [4.69, 9.17) is 39.9 Å². The van der Waals surface area contributed by atoms with Gasteiger partial charge in [-0.3, -0.25) is 5.84 Å². The van der Waals surface area contributed by atoms with Gasteiger partial charge in [-0.05, 0) is 62.0 Å². The highest BCUT2D eigenvalue weighted by Gasteiger charge is 2.23. The molecule has 0 amide bonds. The summed E-state index contributed by atoms with van der Waals surface area (Å²) in [6.07, 6.45) is 28.0. The molecule has 0 saturated carbocycles. The third kappa shape index (κ3) is 43.9. The molecular weight excluding hydrogens is 650 g/mol. The zero-order valence-electron chi connectivity index (χ0n) is 32.7. The molecule has 0 bridgehead atoms. The second kappa shape index (κ2) is 42.1. The Balaban J connectivity index is -0.000000261. The molecule has 0 heterocycles. The van der Waals surface area contributed by atoms with Crippen molar-refractivity contribution in [2.75, 3.05) is 19.6 Å². The minimum Gasteiger partial charge on any atom is -0.391 e. The van der Waals surface area contributed by atoms with Gasteiger partial charge in [-0.2, -0.15) is 0 Å². The molecule has 0 aromatic carbocycles. The summed E-state index contributed by atoms with van der Waals surface area (Å²) in [7, 11) is 0. The summed E-state index contributed by atoms with van der Waals surface area (Å²) >= 11 is 7.61. The summed E-state index contributed by atoms with van der Waals surface area (Å²) in [6.45, 7) is 30.6. The number of carbonyl (C=O) groups excluding carboxylic acids is 2. The number of hydrogen-bond donors (Lipinski definition) is 3. The minimum atomic E-state index is -0.421. The number of terminal acetylenes is 2. The van der Waals surface area contributed by atoms with Gasteiger partial charge in [0.2, 0.25) is 0 Å². The van der Waals surface area contributed by atoms with Crippen LogP contribution in [0, 0.1) is 24.7 Å². The first-order valence-corrected chi connectivity index (χ1v) is 19.0. The van der Waals surface area contributed by atoms with E-state index in [2.05, 4.69) is 77.1 Å². The van der Waals surface area contributed by atoms with Crippen molar-refractivity contribution in [2.24, 2.45) is 5.84 Å². The number of carbonyl (C=O) groups is 2. The lowest BCUT2D eigenvalue weighted by Gasteiger charge is -2.32. The van der Waals surface area contributed by atoms with Crippen LogP contribution < -0.4 is 11.2 Å². The third-order valence-electron chi connectivity index (χ3n) is 6.65. The maximum absolute atomic E-state index is 10.7. The van der Waals surface area contributed by atoms with E-state index in [-0.39, 0.29) is 10.8 Å². The van der Waals surface area contributed by atoms with Gasteiger partial charge in [0.25, 0.3) is 0 Å². The van der Waals surface area contributed by atoms with Crippen LogP contribution in [0.15, 0.2) is 46.4 Å². The summed E-state index contributed by atoms with van der Waals surface area (Å²) in [4.78, 5) is 17.1.